The van der Waals surface area contributed by atoms with E-state index < -0.39 is 10.0 Å². The van der Waals surface area contributed by atoms with Crippen LogP contribution in [0.4, 0.5) is 4.79 Å². The first kappa shape index (κ1) is 17.4. The van der Waals surface area contributed by atoms with Gasteiger partial charge in [0.25, 0.3) is 0 Å². The number of hydrogen-bond acceptors (Lipinski definition) is 4. The zero-order valence-electron chi connectivity index (χ0n) is 14.0. The number of para-hydroxylation sites is 1. The number of aromatic nitrogens is 2. The van der Waals surface area contributed by atoms with Crippen molar-refractivity contribution in [1.82, 2.24) is 24.3 Å². The quantitative estimate of drug-likeness (QED) is 0.864. The molecule has 8 nitrogen and oxygen atoms in total. The van der Waals surface area contributed by atoms with Gasteiger partial charge in [0.1, 0.15) is 0 Å². The molecule has 0 unspecified atom stereocenters. The normalized spacial score (nSPS) is 16.0. The summed E-state index contributed by atoms with van der Waals surface area (Å²) in [6, 6.07) is 9.38. The Labute approximate surface area is 147 Å². The lowest BCUT2D eigenvalue weighted by atomic mass is 10.2. The van der Waals surface area contributed by atoms with E-state index in [2.05, 4.69) is 10.4 Å². The van der Waals surface area contributed by atoms with Crippen molar-refractivity contribution < 1.29 is 13.2 Å². The third-order valence-corrected chi connectivity index (χ3v) is 5.47. The fraction of sp³-hybridized carbons (Fsp3) is 0.375. The van der Waals surface area contributed by atoms with Crippen LogP contribution in [0.3, 0.4) is 0 Å². The van der Waals surface area contributed by atoms with Crippen molar-refractivity contribution in [3.05, 3.63) is 48.3 Å². The van der Waals surface area contributed by atoms with Crippen LogP contribution >= 0.6 is 0 Å². The van der Waals surface area contributed by atoms with Gasteiger partial charge in [0.2, 0.25) is 10.0 Å². The second-order valence-electron chi connectivity index (χ2n) is 5.89. The lowest BCUT2D eigenvalue weighted by Crippen LogP contribution is -2.52. The van der Waals surface area contributed by atoms with E-state index in [1.165, 1.54) is 10.6 Å². The molecular weight excluding hydrogens is 342 g/mol. The van der Waals surface area contributed by atoms with Gasteiger partial charge in [-0.05, 0) is 17.7 Å². The van der Waals surface area contributed by atoms with E-state index in [1.807, 2.05) is 36.5 Å². The predicted octanol–water partition coefficient (Wildman–Crippen LogP) is 0.659. The third-order valence-electron chi connectivity index (χ3n) is 4.17. The highest BCUT2D eigenvalue weighted by molar-refractivity contribution is 7.88. The third kappa shape index (κ3) is 4.18. The number of nitrogens with one attached hydrogen (secondary N) is 1. The Kier molecular flexibility index (Phi) is 5.05. The molecule has 1 aliphatic rings. The van der Waals surface area contributed by atoms with Gasteiger partial charge in [-0.1, -0.05) is 18.2 Å². The number of carbonyl (C=O) groups is 1. The van der Waals surface area contributed by atoms with Crippen LogP contribution in [-0.2, 0) is 16.6 Å². The Hall–Kier alpha value is -2.39. The van der Waals surface area contributed by atoms with Crippen LogP contribution in [0, 0.1) is 0 Å². The smallest absolute Gasteiger partial charge is 0.317 e. The molecule has 9 heteroatoms. The number of benzene rings is 1. The van der Waals surface area contributed by atoms with Crippen LogP contribution in [0.15, 0.2) is 42.7 Å². The standard InChI is InChI=1S/C16H21N5O3S/c1-25(23,24)20-11-9-19(10-12-20)16(22)17-13-14-5-2-3-6-15(14)21-8-4-7-18-21/h2-8H,9-13H2,1H3,(H,17,22). The first-order valence-electron chi connectivity index (χ1n) is 8.01. The molecule has 2 amide bonds. The summed E-state index contributed by atoms with van der Waals surface area (Å²) in [4.78, 5) is 14.0. The lowest BCUT2D eigenvalue weighted by Gasteiger charge is -2.33. The van der Waals surface area contributed by atoms with E-state index in [9.17, 15) is 13.2 Å². The number of urea groups is 1. The number of piperazine rings is 1. The van der Waals surface area contributed by atoms with E-state index in [-0.39, 0.29) is 6.03 Å². The van der Waals surface area contributed by atoms with E-state index in [0.29, 0.717) is 32.7 Å². The van der Waals surface area contributed by atoms with Gasteiger partial charge in [-0.25, -0.2) is 17.9 Å². The summed E-state index contributed by atoms with van der Waals surface area (Å²) < 4.78 is 26.2. The zero-order valence-corrected chi connectivity index (χ0v) is 14.8. The van der Waals surface area contributed by atoms with Crippen LogP contribution in [0.1, 0.15) is 5.56 Å². The highest BCUT2D eigenvalue weighted by Crippen LogP contribution is 2.13. The topological polar surface area (TPSA) is 87.5 Å². The lowest BCUT2D eigenvalue weighted by molar-refractivity contribution is 0.172. The molecule has 25 heavy (non-hydrogen) atoms. The number of sulfonamides is 1. The van der Waals surface area contributed by atoms with Crippen LogP contribution in [0.2, 0.25) is 0 Å². The Morgan fingerprint density at radius 3 is 2.52 bits per heavy atom. The molecule has 134 valence electrons. The van der Waals surface area contributed by atoms with Crippen molar-refractivity contribution in [2.75, 3.05) is 32.4 Å². The number of rotatable bonds is 4. The minimum Gasteiger partial charge on any atom is -0.334 e. The van der Waals surface area contributed by atoms with Gasteiger partial charge in [0.15, 0.2) is 0 Å². The van der Waals surface area contributed by atoms with Gasteiger partial charge in [-0.15, -0.1) is 0 Å². The summed E-state index contributed by atoms with van der Waals surface area (Å²) in [5.41, 5.74) is 1.86. The number of carbonyl (C=O) groups excluding carboxylic acids is 1. The van der Waals surface area contributed by atoms with Crippen molar-refractivity contribution in [2.45, 2.75) is 6.54 Å². The Morgan fingerprint density at radius 2 is 1.88 bits per heavy atom. The van der Waals surface area contributed by atoms with Crippen LogP contribution in [-0.4, -0.2) is 65.9 Å². The molecule has 1 aromatic carbocycles. The van der Waals surface area contributed by atoms with E-state index in [1.54, 1.807) is 15.8 Å². The van der Waals surface area contributed by atoms with Gasteiger partial charge < -0.3 is 10.2 Å². The maximum Gasteiger partial charge on any atom is 0.317 e. The second kappa shape index (κ2) is 7.24. The molecule has 1 N–H and O–H groups in total. The first-order valence-corrected chi connectivity index (χ1v) is 9.86. The number of hydrogen-bond donors (Lipinski definition) is 1. The Bertz CT molecular complexity index is 827. The Morgan fingerprint density at radius 1 is 1.16 bits per heavy atom. The zero-order chi connectivity index (χ0) is 17.9. The van der Waals surface area contributed by atoms with Crippen molar-refractivity contribution in [3.63, 3.8) is 0 Å². The number of amides is 2. The van der Waals surface area contributed by atoms with Crippen molar-refractivity contribution >= 4 is 16.1 Å². The van der Waals surface area contributed by atoms with Gasteiger partial charge in [-0.2, -0.15) is 9.40 Å². The van der Waals surface area contributed by atoms with E-state index in [4.69, 9.17) is 0 Å². The van der Waals surface area contributed by atoms with Gasteiger partial charge in [0.05, 0.1) is 11.9 Å². The molecule has 0 saturated carbocycles. The molecule has 1 aliphatic heterocycles. The maximum absolute atomic E-state index is 12.4. The molecule has 1 saturated heterocycles. The molecule has 0 bridgehead atoms. The fourth-order valence-corrected chi connectivity index (χ4v) is 3.63. The molecule has 0 spiro atoms. The molecule has 0 aliphatic carbocycles. The van der Waals surface area contributed by atoms with Crippen molar-refractivity contribution in [1.29, 1.82) is 0 Å². The van der Waals surface area contributed by atoms with Gasteiger partial charge in [-0.3, -0.25) is 0 Å². The predicted molar refractivity (Wildman–Crippen MR) is 93.8 cm³/mol. The van der Waals surface area contributed by atoms with Crippen molar-refractivity contribution in [3.8, 4) is 5.69 Å². The molecular formula is C16H21N5O3S. The largest absolute Gasteiger partial charge is 0.334 e. The molecule has 0 radical (unpaired) electrons. The molecule has 2 aromatic rings. The first-order chi connectivity index (χ1) is 11.9. The maximum atomic E-state index is 12.4. The van der Waals surface area contributed by atoms with E-state index in [0.717, 1.165) is 11.3 Å². The fourth-order valence-electron chi connectivity index (χ4n) is 2.80. The summed E-state index contributed by atoms with van der Waals surface area (Å²) in [7, 11) is -3.20. The average molecular weight is 363 g/mol. The monoisotopic (exact) mass is 363 g/mol. The SMILES string of the molecule is CS(=O)(=O)N1CCN(C(=O)NCc2ccccc2-n2cccn2)CC1. The minimum absolute atomic E-state index is 0.191. The summed E-state index contributed by atoms with van der Waals surface area (Å²) >= 11 is 0. The van der Waals surface area contributed by atoms with Gasteiger partial charge in [0, 0.05) is 45.1 Å². The van der Waals surface area contributed by atoms with Crippen LogP contribution in [0.5, 0.6) is 0 Å². The molecule has 2 heterocycles. The van der Waals surface area contributed by atoms with Crippen molar-refractivity contribution in [2.24, 2.45) is 0 Å². The minimum atomic E-state index is -3.20. The highest BCUT2D eigenvalue weighted by atomic mass is 32.2. The van der Waals surface area contributed by atoms with Crippen LogP contribution < -0.4 is 5.32 Å². The van der Waals surface area contributed by atoms with Crippen LogP contribution in [0.25, 0.3) is 5.69 Å². The average Bonchev–Trinajstić information content (AvgIpc) is 3.14. The summed E-state index contributed by atoms with van der Waals surface area (Å²) in [6.07, 6.45) is 4.75. The summed E-state index contributed by atoms with van der Waals surface area (Å²) in [6.45, 7) is 1.81. The van der Waals surface area contributed by atoms with Gasteiger partial charge >= 0.3 is 6.03 Å². The van der Waals surface area contributed by atoms with E-state index >= 15 is 0 Å². The molecule has 1 fully saturated rings. The highest BCUT2D eigenvalue weighted by Gasteiger charge is 2.25. The Balaban J connectivity index is 1.59. The second-order valence-corrected chi connectivity index (χ2v) is 7.87. The molecule has 3 rings (SSSR count). The molecule has 1 aromatic heterocycles. The molecule has 0 atom stereocenters. The number of nitrogens with zero attached hydrogens (tertiary/aromatic N) is 4. The summed E-state index contributed by atoms with van der Waals surface area (Å²) in [5, 5.41) is 7.13. The summed E-state index contributed by atoms with van der Waals surface area (Å²) in [5.74, 6) is 0.